The maximum Gasteiger partial charge on any atom is 0.264 e. The van der Waals surface area contributed by atoms with E-state index in [1.165, 1.54) is 25.5 Å². The van der Waals surface area contributed by atoms with Crippen LogP contribution >= 0.6 is 0 Å². The SMILES string of the molecule is COc1ccc(N(CC(=O)N/N=C\c2ccc(OCC(=O)Nc3ccc(C)cc3)cc2)S(=O)(=O)c2ccccc2)cc1. The molecule has 0 unspecified atom stereocenters. The number of amides is 2. The van der Waals surface area contributed by atoms with Crippen LogP contribution < -0.4 is 24.5 Å². The maximum absolute atomic E-state index is 13.4. The normalized spacial score (nSPS) is 11.1. The fraction of sp³-hybridized carbons (Fsp3) is 0.129. The smallest absolute Gasteiger partial charge is 0.264 e. The molecule has 4 aromatic rings. The van der Waals surface area contributed by atoms with E-state index < -0.39 is 22.5 Å². The first-order chi connectivity index (χ1) is 20.2. The lowest BCUT2D eigenvalue weighted by Crippen LogP contribution is -2.39. The fourth-order valence-corrected chi connectivity index (χ4v) is 5.20. The molecule has 0 saturated carbocycles. The molecule has 0 atom stereocenters. The molecule has 216 valence electrons. The van der Waals surface area contributed by atoms with Crippen LogP contribution in [0.5, 0.6) is 11.5 Å². The molecule has 0 aliphatic rings. The Labute approximate surface area is 244 Å². The van der Waals surface area contributed by atoms with E-state index in [0.29, 0.717) is 28.4 Å². The van der Waals surface area contributed by atoms with Gasteiger partial charge in [0.15, 0.2) is 6.61 Å². The summed E-state index contributed by atoms with van der Waals surface area (Å²) in [5.74, 6) is 0.106. The van der Waals surface area contributed by atoms with Crippen molar-refractivity contribution in [3.05, 3.63) is 114 Å². The summed E-state index contributed by atoms with van der Waals surface area (Å²) in [5, 5.41) is 6.72. The van der Waals surface area contributed by atoms with E-state index in [4.69, 9.17) is 9.47 Å². The number of hydrazone groups is 1. The van der Waals surface area contributed by atoms with Crippen molar-refractivity contribution in [3.63, 3.8) is 0 Å². The minimum Gasteiger partial charge on any atom is -0.497 e. The van der Waals surface area contributed by atoms with E-state index in [9.17, 15) is 18.0 Å². The van der Waals surface area contributed by atoms with E-state index in [1.807, 2.05) is 31.2 Å². The Bertz CT molecular complexity index is 1620. The van der Waals surface area contributed by atoms with Crippen LogP contribution in [0.4, 0.5) is 11.4 Å². The third-order valence-electron chi connectivity index (χ3n) is 5.97. The second-order valence-electron chi connectivity index (χ2n) is 9.09. The quantitative estimate of drug-likeness (QED) is 0.188. The Morgan fingerprint density at radius 2 is 1.48 bits per heavy atom. The predicted octanol–water partition coefficient (Wildman–Crippen LogP) is 4.37. The van der Waals surface area contributed by atoms with Crippen molar-refractivity contribution in [1.29, 1.82) is 0 Å². The first kappa shape index (κ1) is 29.8. The van der Waals surface area contributed by atoms with Crippen LogP contribution in [0, 0.1) is 6.92 Å². The Balaban J connectivity index is 1.34. The molecule has 0 radical (unpaired) electrons. The molecule has 0 bridgehead atoms. The molecule has 0 heterocycles. The van der Waals surface area contributed by atoms with Crippen molar-refractivity contribution in [1.82, 2.24) is 5.43 Å². The average molecular weight is 587 g/mol. The van der Waals surface area contributed by atoms with Gasteiger partial charge in [-0.3, -0.25) is 13.9 Å². The number of anilines is 2. The fourth-order valence-electron chi connectivity index (χ4n) is 3.76. The zero-order chi connectivity index (χ0) is 30.0. The largest absolute Gasteiger partial charge is 0.497 e. The standard InChI is InChI=1S/C31H30N4O6S/c1-23-8-12-25(13-9-23)33-31(37)22-41-28-16-10-24(11-17-28)20-32-34-30(36)21-35(26-14-18-27(40-2)19-15-26)42(38,39)29-6-4-3-5-7-29/h3-20H,21-22H2,1-2H3,(H,33,37)(H,34,36)/b32-20-. The number of ether oxygens (including phenoxy) is 2. The molecule has 4 rings (SSSR count). The highest BCUT2D eigenvalue weighted by atomic mass is 32.2. The molecule has 4 aromatic carbocycles. The number of carbonyl (C=O) groups is 2. The Morgan fingerprint density at radius 1 is 0.833 bits per heavy atom. The van der Waals surface area contributed by atoms with E-state index in [0.717, 1.165) is 9.87 Å². The minimum absolute atomic E-state index is 0.0482. The molecule has 10 nitrogen and oxygen atoms in total. The van der Waals surface area contributed by atoms with E-state index in [1.54, 1.807) is 66.7 Å². The van der Waals surface area contributed by atoms with Crippen molar-refractivity contribution in [2.45, 2.75) is 11.8 Å². The molecule has 0 aliphatic carbocycles. The van der Waals surface area contributed by atoms with E-state index in [2.05, 4.69) is 15.8 Å². The highest BCUT2D eigenvalue weighted by Crippen LogP contribution is 2.25. The molecule has 0 saturated heterocycles. The van der Waals surface area contributed by atoms with Gasteiger partial charge in [-0.2, -0.15) is 5.10 Å². The number of rotatable bonds is 12. The predicted molar refractivity (Wildman–Crippen MR) is 161 cm³/mol. The Hall–Kier alpha value is -5.16. The van der Waals surface area contributed by atoms with Gasteiger partial charge >= 0.3 is 0 Å². The Kier molecular flexibility index (Phi) is 9.90. The van der Waals surface area contributed by atoms with E-state index in [-0.39, 0.29) is 17.4 Å². The number of sulfonamides is 1. The summed E-state index contributed by atoms with van der Waals surface area (Å²) in [4.78, 5) is 24.9. The second kappa shape index (κ2) is 14.0. The van der Waals surface area contributed by atoms with Crippen LogP contribution in [0.25, 0.3) is 0 Å². The number of hydrogen-bond acceptors (Lipinski definition) is 7. The van der Waals surface area contributed by atoms with Crippen molar-refractivity contribution < 1.29 is 27.5 Å². The van der Waals surface area contributed by atoms with Gasteiger partial charge in [0.2, 0.25) is 0 Å². The van der Waals surface area contributed by atoms with Crippen LogP contribution in [-0.2, 0) is 19.6 Å². The lowest BCUT2D eigenvalue weighted by Gasteiger charge is -2.23. The third kappa shape index (κ3) is 8.18. The summed E-state index contributed by atoms with van der Waals surface area (Å²) in [6.45, 7) is 1.31. The minimum atomic E-state index is -4.04. The highest BCUT2D eigenvalue weighted by Gasteiger charge is 2.27. The van der Waals surface area contributed by atoms with Gasteiger partial charge in [-0.1, -0.05) is 35.9 Å². The van der Waals surface area contributed by atoms with Crippen LogP contribution in [0.1, 0.15) is 11.1 Å². The second-order valence-corrected chi connectivity index (χ2v) is 11.0. The number of methoxy groups -OCH3 is 1. The molecular weight excluding hydrogens is 556 g/mol. The van der Waals surface area contributed by atoms with Gasteiger partial charge in [-0.15, -0.1) is 0 Å². The van der Waals surface area contributed by atoms with Crippen LogP contribution in [-0.4, -0.2) is 46.7 Å². The molecule has 2 amide bonds. The molecule has 42 heavy (non-hydrogen) atoms. The lowest BCUT2D eigenvalue weighted by molar-refractivity contribution is -0.119. The summed E-state index contributed by atoms with van der Waals surface area (Å²) in [5.41, 5.74) is 5.10. The number of nitrogens with zero attached hydrogens (tertiary/aromatic N) is 2. The summed E-state index contributed by atoms with van der Waals surface area (Å²) in [6, 6.07) is 28.4. The first-order valence-electron chi connectivity index (χ1n) is 12.9. The lowest BCUT2D eigenvalue weighted by atomic mass is 10.2. The first-order valence-corrected chi connectivity index (χ1v) is 14.3. The summed E-state index contributed by atoms with van der Waals surface area (Å²) in [7, 11) is -2.54. The maximum atomic E-state index is 13.4. The molecule has 0 aromatic heterocycles. The average Bonchev–Trinajstić information content (AvgIpc) is 3.01. The van der Waals surface area contributed by atoms with Gasteiger partial charge in [-0.05, 0) is 85.3 Å². The summed E-state index contributed by atoms with van der Waals surface area (Å²) in [6.07, 6.45) is 1.41. The van der Waals surface area contributed by atoms with Gasteiger partial charge in [0.05, 0.1) is 23.9 Å². The number of benzene rings is 4. The number of nitrogens with one attached hydrogen (secondary N) is 2. The molecule has 0 aliphatic heterocycles. The van der Waals surface area contributed by atoms with Crippen molar-refractivity contribution in [3.8, 4) is 11.5 Å². The number of aryl methyl sites for hydroxylation is 1. The molecule has 0 spiro atoms. The molecule has 2 N–H and O–H groups in total. The van der Waals surface area contributed by atoms with Gasteiger partial charge in [0.1, 0.15) is 18.0 Å². The Morgan fingerprint density at radius 3 is 2.12 bits per heavy atom. The zero-order valence-electron chi connectivity index (χ0n) is 23.1. The van der Waals surface area contributed by atoms with Crippen LogP contribution in [0.2, 0.25) is 0 Å². The van der Waals surface area contributed by atoms with Crippen molar-refractivity contribution >= 4 is 39.4 Å². The van der Waals surface area contributed by atoms with Gasteiger partial charge in [-0.25, -0.2) is 13.8 Å². The van der Waals surface area contributed by atoms with Gasteiger partial charge in [0.25, 0.3) is 21.8 Å². The molecule has 0 fully saturated rings. The summed E-state index contributed by atoms with van der Waals surface area (Å²) >= 11 is 0. The van der Waals surface area contributed by atoms with Crippen LogP contribution in [0.3, 0.4) is 0 Å². The monoisotopic (exact) mass is 586 g/mol. The molecule has 11 heteroatoms. The van der Waals surface area contributed by atoms with Gasteiger partial charge < -0.3 is 14.8 Å². The molecular formula is C31H30N4O6S. The van der Waals surface area contributed by atoms with Crippen molar-refractivity contribution in [2.24, 2.45) is 5.10 Å². The van der Waals surface area contributed by atoms with Gasteiger partial charge in [0, 0.05) is 5.69 Å². The van der Waals surface area contributed by atoms with E-state index >= 15 is 0 Å². The number of hydrogen-bond donors (Lipinski definition) is 2. The topological polar surface area (TPSA) is 126 Å². The third-order valence-corrected chi connectivity index (χ3v) is 7.76. The zero-order valence-corrected chi connectivity index (χ0v) is 23.9. The highest BCUT2D eigenvalue weighted by molar-refractivity contribution is 7.92. The van der Waals surface area contributed by atoms with Crippen molar-refractivity contribution in [2.75, 3.05) is 29.9 Å². The summed E-state index contributed by atoms with van der Waals surface area (Å²) < 4.78 is 38.5. The van der Waals surface area contributed by atoms with Crippen LogP contribution in [0.15, 0.2) is 113 Å². The number of carbonyl (C=O) groups excluding carboxylic acids is 2.